The first kappa shape index (κ1) is 13.0. The molecule has 1 aliphatic heterocycles. The first-order chi connectivity index (χ1) is 8.66. The number of carboxylic acids is 1. The van der Waals surface area contributed by atoms with Crippen LogP contribution >= 0.6 is 11.3 Å². The van der Waals surface area contributed by atoms with Crippen LogP contribution in [0.1, 0.15) is 21.9 Å². The van der Waals surface area contributed by atoms with Crippen LogP contribution in [0.15, 0.2) is 5.38 Å². The molecule has 1 fully saturated rings. The van der Waals surface area contributed by atoms with Crippen molar-refractivity contribution >= 4 is 23.2 Å². The van der Waals surface area contributed by atoms with Crippen molar-refractivity contribution in [2.45, 2.75) is 12.8 Å². The number of aromatic nitrogens is 1. The van der Waals surface area contributed by atoms with Gasteiger partial charge < -0.3 is 15.7 Å². The molecule has 2 heterocycles. The van der Waals surface area contributed by atoms with E-state index in [1.54, 1.807) is 0 Å². The van der Waals surface area contributed by atoms with Crippen molar-refractivity contribution in [1.29, 1.82) is 0 Å². The summed E-state index contributed by atoms with van der Waals surface area (Å²) in [7, 11) is 0. The van der Waals surface area contributed by atoms with Crippen LogP contribution in [0.2, 0.25) is 0 Å². The minimum atomic E-state index is -1.02. The summed E-state index contributed by atoms with van der Waals surface area (Å²) in [6.45, 7) is 2.14. The van der Waals surface area contributed by atoms with E-state index in [1.807, 2.05) is 0 Å². The highest BCUT2D eigenvalue weighted by atomic mass is 32.1. The van der Waals surface area contributed by atoms with Crippen LogP contribution in [0.3, 0.4) is 0 Å². The maximum atomic E-state index is 11.7. The largest absolute Gasteiger partial charge is 0.476 e. The van der Waals surface area contributed by atoms with Crippen molar-refractivity contribution in [3.63, 3.8) is 0 Å². The van der Waals surface area contributed by atoms with Gasteiger partial charge in [-0.1, -0.05) is 0 Å². The molecule has 18 heavy (non-hydrogen) atoms. The van der Waals surface area contributed by atoms with Gasteiger partial charge in [0.2, 0.25) is 5.91 Å². The van der Waals surface area contributed by atoms with E-state index in [4.69, 9.17) is 5.11 Å². The van der Waals surface area contributed by atoms with Gasteiger partial charge in [0, 0.05) is 24.9 Å². The molecule has 0 aliphatic carbocycles. The minimum Gasteiger partial charge on any atom is -0.476 e. The minimum absolute atomic E-state index is 0.0648. The molecule has 1 amide bonds. The second kappa shape index (κ2) is 5.92. The van der Waals surface area contributed by atoms with Crippen LogP contribution in [0.4, 0.5) is 0 Å². The fraction of sp³-hybridized carbons (Fsp3) is 0.545. The zero-order chi connectivity index (χ0) is 13.0. The van der Waals surface area contributed by atoms with E-state index in [9.17, 15) is 9.59 Å². The molecule has 1 atom stereocenters. The molecule has 6 nitrogen and oxygen atoms in total. The third-order valence-electron chi connectivity index (χ3n) is 2.84. The summed E-state index contributed by atoms with van der Waals surface area (Å²) in [5.74, 6) is -0.885. The van der Waals surface area contributed by atoms with E-state index in [-0.39, 0.29) is 17.5 Å². The predicted molar refractivity (Wildman–Crippen MR) is 66.8 cm³/mol. The summed E-state index contributed by atoms with van der Waals surface area (Å²) in [5, 5.41) is 17.0. The van der Waals surface area contributed by atoms with Crippen molar-refractivity contribution in [2.24, 2.45) is 5.92 Å². The molecule has 0 radical (unpaired) electrons. The third kappa shape index (κ3) is 3.27. The molecule has 1 unspecified atom stereocenters. The molecule has 1 aromatic rings. The fourth-order valence-electron chi connectivity index (χ4n) is 1.84. The number of carbonyl (C=O) groups excluding carboxylic acids is 1. The van der Waals surface area contributed by atoms with Crippen LogP contribution in [0.5, 0.6) is 0 Å². The summed E-state index contributed by atoms with van der Waals surface area (Å²) in [4.78, 5) is 26.3. The predicted octanol–water partition coefficient (Wildman–Crippen LogP) is 0.109. The molecular weight excluding hydrogens is 254 g/mol. The van der Waals surface area contributed by atoms with E-state index >= 15 is 0 Å². The zero-order valence-electron chi connectivity index (χ0n) is 9.81. The van der Waals surface area contributed by atoms with Crippen molar-refractivity contribution in [3.05, 3.63) is 16.1 Å². The maximum absolute atomic E-state index is 11.7. The molecular formula is C11H15N3O3S. The molecule has 0 spiro atoms. The van der Waals surface area contributed by atoms with E-state index in [0.717, 1.165) is 24.5 Å². The van der Waals surface area contributed by atoms with E-state index in [0.29, 0.717) is 13.0 Å². The number of rotatable bonds is 5. The fourth-order valence-corrected chi connectivity index (χ4v) is 2.61. The average molecular weight is 269 g/mol. The Hall–Kier alpha value is -1.47. The van der Waals surface area contributed by atoms with Crippen LogP contribution < -0.4 is 10.6 Å². The third-order valence-corrected chi connectivity index (χ3v) is 3.75. The molecule has 3 N–H and O–H groups in total. The molecule has 0 saturated carbocycles. The molecule has 98 valence electrons. The highest BCUT2D eigenvalue weighted by Gasteiger charge is 2.21. The summed E-state index contributed by atoms with van der Waals surface area (Å²) in [6, 6.07) is 0. The summed E-state index contributed by atoms with van der Waals surface area (Å²) in [5.41, 5.74) is 0.0707. The Morgan fingerprint density at radius 1 is 1.61 bits per heavy atom. The number of nitrogens with zero attached hydrogens (tertiary/aromatic N) is 1. The lowest BCUT2D eigenvalue weighted by atomic mass is 10.1. The molecule has 1 aromatic heterocycles. The lowest BCUT2D eigenvalue weighted by Gasteiger charge is -2.08. The lowest BCUT2D eigenvalue weighted by Crippen LogP contribution is -2.33. The zero-order valence-corrected chi connectivity index (χ0v) is 10.6. The quantitative estimate of drug-likeness (QED) is 0.705. The number of thiazole rings is 1. The number of aromatic carboxylic acids is 1. The second-order valence-electron chi connectivity index (χ2n) is 4.16. The Morgan fingerprint density at radius 3 is 3.06 bits per heavy atom. The summed E-state index contributed by atoms with van der Waals surface area (Å²) >= 11 is 1.31. The standard InChI is InChI=1S/C11H15N3O3S/c15-10(7-1-3-12-5-7)13-4-2-9-14-8(6-18-9)11(16)17/h6-7,12H,1-5H2,(H,13,15)(H,16,17). The number of nitrogens with one attached hydrogen (secondary N) is 2. The number of hydrogen-bond acceptors (Lipinski definition) is 5. The maximum Gasteiger partial charge on any atom is 0.355 e. The number of carbonyl (C=O) groups is 2. The molecule has 1 aliphatic rings. The van der Waals surface area contributed by atoms with Gasteiger partial charge in [-0.05, 0) is 13.0 Å². The van der Waals surface area contributed by atoms with Crippen LogP contribution in [0, 0.1) is 5.92 Å². The smallest absolute Gasteiger partial charge is 0.355 e. The van der Waals surface area contributed by atoms with Crippen molar-refractivity contribution in [3.8, 4) is 0 Å². The van der Waals surface area contributed by atoms with Gasteiger partial charge in [0.1, 0.15) is 0 Å². The Labute approximate surface area is 108 Å². The first-order valence-corrected chi connectivity index (χ1v) is 6.71. The second-order valence-corrected chi connectivity index (χ2v) is 5.11. The van der Waals surface area contributed by atoms with E-state index in [2.05, 4.69) is 15.6 Å². The van der Waals surface area contributed by atoms with Crippen molar-refractivity contribution in [1.82, 2.24) is 15.6 Å². The molecule has 7 heteroatoms. The van der Waals surface area contributed by atoms with Crippen molar-refractivity contribution in [2.75, 3.05) is 19.6 Å². The van der Waals surface area contributed by atoms with E-state index in [1.165, 1.54) is 16.7 Å². The Bertz CT molecular complexity index is 440. The Kier molecular flexibility index (Phi) is 4.27. The van der Waals surface area contributed by atoms with E-state index < -0.39 is 5.97 Å². The van der Waals surface area contributed by atoms with Gasteiger partial charge in [-0.25, -0.2) is 9.78 Å². The molecule has 2 rings (SSSR count). The highest BCUT2D eigenvalue weighted by molar-refractivity contribution is 7.09. The first-order valence-electron chi connectivity index (χ1n) is 5.83. The van der Waals surface area contributed by atoms with Gasteiger partial charge in [0.25, 0.3) is 0 Å². The van der Waals surface area contributed by atoms with Gasteiger partial charge in [-0.3, -0.25) is 4.79 Å². The summed E-state index contributed by atoms with van der Waals surface area (Å²) < 4.78 is 0. The van der Waals surface area contributed by atoms with Crippen LogP contribution in [0.25, 0.3) is 0 Å². The van der Waals surface area contributed by atoms with Gasteiger partial charge in [-0.2, -0.15) is 0 Å². The Balaban J connectivity index is 1.74. The molecule has 0 aromatic carbocycles. The highest BCUT2D eigenvalue weighted by Crippen LogP contribution is 2.10. The topological polar surface area (TPSA) is 91.3 Å². The van der Waals surface area contributed by atoms with Gasteiger partial charge in [0.05, 0.1) is 10.9 Å². The average Bonchev–Trinajstić information content (AvgIpc) is 3.00. The monoisotopic (exact) mass is 269 g/mol. The Morgan fingerprint density at radius 2 is 2.44 bits per heavy atom. The SMILES string of the molecule is O=C(O)c1csc(CCNC(=O)C2CCNC2)n1. The lowest BCUT2D eigenvalue weighted by molar-refractivity contribution is -0.124. The normalized spacial score (nSPS) is 18.8. The van der Waals surface area contributed by atoms with Gasteiger partial charge in [0.15, 0.2) is 5.69 Å². The summed E-state index contributed by atoms with van der Waals surface area (Å²) in [6.07, 6.45) is 1.45. The molecule has 0 bridgehead atoms. The number of carboxylic acid groups (broad SMARTS) is 1. The number of hydrogen-bond donors (Lipinski definition) is 3. The molecule has 1 saturated heterocycles. The van der Waals surface area contributed by atoms with Crippen molar-refractivity contribution < 1.29 is 14.7 Å². The van der Waals surface area contributed by atoms with Gasteiger partial charge >= 0.3 is 5.97 Å². The van der Waals surface area contributed by atoms with Gasteiger partial charge in [-0.15, -0.1) is 11.3 Å². The number of amides is 1. The van der Waals surface area contributed by atoms with Crippen LogP contribution in [-0.2, 0) is 11.2 Å². The van der Waals surface area contributed by atoms with Crippen LogP contribution in [-0.4, -0.2) is 41.6 Å².